The number of rotatable bonds is 7. The molecule has 1 fully saturated rings. The molecule has 186 valence electrons. The van der Waals surface area contributed by atoms with Crippen LogP contribution in [0.15, 0.2) is 39.9 Å². The maximum atomic E-state index is 13.5. The third-order valence-corrected chi connectivity index (χ3v) is 6.05. The van der Waals surface area contributed by atoms with Gasteiger partial charge in [-0.25, -0.2) is 9.78 Å². The van der Waals surface area contributed by atoms with Crippen LogP contribution in [-0.4, -0.2) is 51.6 Å². The monoisotopic (exact) mass is 479 g/mol. The van der Waals surface area contributed by atoms with E-state index in [0.29, 0.717) is 17.9 Å². The minimum atomic E-state index is -0.612. The molecule has 0 spiro atoms. The first kappa shape index (κ1) is 24.8. The topological polar surface area (TPSA) is 109 Å². The molecule has 1 aromatic carbocycles. The maximum absolute atomic E-state index is 13.5. The van der Waals surface area contributed by atoms with Crippen LogP contribution < -0.4 is 16.6 Å². The zero-order valence-corrected chi connectivity index (χ0v) is 20.8. The summed E-state index contributed by atoms with van der Waals surface area (Å²) in [5.41, 5.74) is 1.68. The van der Waals surface area contributed by atoms with E-state index in [0.717, 1.165) is 38.4 Å². The minimum Gasteiger partial charge on any atom is -0.379 e. The van der Waals surface area contributed by atoms with E-state index in [1.807, 2.05) is 52.0 Å². The highest BCUT2D eigenvalue weighted by atomic mass is 16.5. The zero-order valence-electron chi connectivity index (χ0n) is 20.8. The normalized spacial score (nSPS) is 14.7. The lowest BCUT2D eigenvalue weighted by atomic mass is 10.0. The highest BCUT2D eigenvalue weighted by Gasteiger charge is 2.21. The van der Waals surface area contributed by atoms with Gasteiger partial charge in [0, 0.05) is 37.6 Å². The quantitative estimate of drug-likeness (QED) is 0.539. The molecule has 0 atom stereocenters. The summed E-state index contributed by atoms with van der Waals surface area (Å²) < 4.78 is 6.87. The van der Waals surface area contributed by atoms with E-state index in [9.17, 15) is 14.4 Å². The van der Waals surface area contributed by atoms with Crippen LogP contribution >= 0.6 is 0 Å². The number of morpholine rings is 1. The Hall–Kier alpha value is -3.30. The number of aromatic amines is 1. The average Bonchev–Trinajstić information content (AvgIpc) is 2.81. The predicted molar refractivity (Wildman–Crippen MR) is 136 cm³/mol. The Bertz CT molecular complexity index is 1340. The number of ether oxygens (including phenoxy) is 1. The lowest BCUT2D eigenvalue weighted by molar-refractivity contribution is 0.0342. The van der Waals surface area contributed by atoms with E-state index in [4.69, 9.17) is 4.74 Å². The summed E-state index contributed by atoms with van der Waals surface area (Å²) in [4.78, 5) is 48.2. The Morgan fingerprint density at radius 3 is 2.57 bits per heavy atom. The van der Waals surface area contributed by atoms with Crippen LogP contribution in [0.4, 0.5) is 5.69 Å². The lowest BCUT2D eigenvalue weighted by Crippen LogP contribution is -2.35. The van der Waals surface area contributed by atoms with Crippen molar-refractivity contribution in [1.29, 1.82) is 0 Å². The Morgan fingerprint density at radius 1 is 1.14 bits per heavy atom. The molecule has 2 aromatic heterocycles. The van der Waals surface area contributed by atoms with Crippen molar-refractivity contribution >= 4 is 22.6 Å². The largest absolute Gasteiger partial charge is 0.379 e. The van der Waals surface area contributed by atoms with Crippen LogP contribution in [0.5, 0.6) is 0 Å². The molecule has 1 aliphatic heterocycles. The van der Waals surface area contributed by atoms with E-state index < -0.39 is 17.2 Å². The number of pyridine rings is 1. The van der Waals surface area contributed by atoms with E-state index >= 15 is 0 Å². The molecule has 0 radical (unpaired) electrons. The van der Waals surface area contributed by atoms with Gasteiger partial charge in [0.15, 0.2) is 5.65 Å². The third kappa shape index (κ3) is 5.68. The van der Waals surface area contributed by atoms with Crippen molar-refractivity contribution in [2.45, 2.75) is 46.7 Å². The van der Waals surface area contributed by atoms with Gasteiger partial charge in [0.05, 0.1) is 24.2 Å². The number of fused-ring (bicyclic) bond motifs is 1. The van der Waals surface area contributed by atoms with Crippen molar-refractivity contribution in [3.05, 3.63) is 68.0 Å². The molecule has 4 rings (SSSR count). The van der Waals surface area contributed by atoms with Gasteiger partial charge >= 0.3 is 5.69 Å². The van der Waals surface area contributed by atoms with Crippen molar-refractivity contribution in [3.63, 3.8) is 0 Å². The molecule has 3 aromatic rings. The fourth-order valence-corrected chi connectivity index (χ4v) is 4.27. The molecule has 1 aliphatic rings. The Morgan fingerprint density at radius 2 is 1.89 bits per heavy atom. The zero-order chi connectivity index (χ0) is 25.1. The second-order valence-corrected chi connectivity index (χ2v) is 9.75. The summed E-state index contributed by atoms with van der Waals surface area (Å²) in [6.07, 6.45) is 0. The summed E-state index contributed by atoms with van der Waals surface area (Å²) >= 11 is 0. The van der Waals surface area contributed by atoms with Gasteiger partial charge in [-0.2, -0.15) is 0 Å². The van der Waals surface area contributed by atoms with E-state index in [2.05, 4.69) is 20.2 Å². The van der Waals surface area contributed by atoms with Crippen LogP contribution in [0, 0.1) is 5.92 Å². The van der Waals surface area contributed by atoms with E-state index in [-0.39, 0.29) is 28.4 Å². The standard InChI is InChI=1S/C26H33N5O4/c1-16(2)14-31-23-22(25(33)29-26(31)34)20(13-21(28-23)17(3)4)24(32)27-19-7-5-6-18(12-19)15-30-8-10-35-11-9-30/h5-7,12-13,16-17H,8-11,14-15H2,1-4H3,(H,27,32)(H,29,33,34). The lowest BCUT2D eigenvalue weighted by Gasteiger charge is -2.26. The number of aromatic nitrogens is 3. The molecule has 35 heavy (non-hydrogen) atoms. The number of nitrogens with zero attached hydrogens (tertiary/aromatic N) is 3. The number of nitrogens with one attached hydrogen (secondary N) is 2. The van der Waals surface area contributed by atoms with Gasteiger partial charge < -0.3 is 10.1 Å². The predicted octanol–water partition coefficient (Wildman–Crippen LogP) is 2.95. The molecule has 3 heterocycles. The summed E-state index contributed by atoms with van der Waals surface area (Å²) in [6, 6.07) is 9.35. The second kappa shape index (κ2) is 10.5. The van der Waals surface area contributed by atoms with Gasteiger partial charge in [0.1, 0.15) is 0 Å². The molecule has 0 saturated carbocycles. The van der Waals surface area contributed by atoms with Crippen LogP contribution in [0.25, 0.3) is 11.0 Å². The van der Waals surface area contributed by atoms with Crippen molar-refractivity contribution in [2.75, 3.05) is 31.6 Å². The minimum absolute atomic E-state index is 0.00434. The van der Waals surface area contributed by atoms with Crippen molar-refractivity contribution in [3.8, 4) is 0 Å². The molecule has 1 amide bonds. The van der Waals surface area contributed by atoms with Gasteiger partial charge in [0.25, 0.3) is 11.5 Å². The van der Waals surface area contributed by atoms with E-state index in [1.54, 1.807) is 6.07 Å². The molecule has 0 aliphatic carbocycles. The first-order chi connectivity index (χ1) is 16.7. The molecule has 0 unspecified atom stereocenters. The number of hydrogen-bond donors (Lipinski definition) is 2. The summed E-state index contributed by atoms with van der Waals surface area (Å²) in [6.45, 7) is 12.2. The van der Waals surface area contributed by atoms with Crippen LogP contribution in [0.1, 0.15) is 55.2 Å². The highest BCUT2D eigenvalue weighted by Crippen LogP contribution is 2.22. The Kier molecular flexibility index (Phi) is 7.47. The number of H-pyrrole nitrogens is 1. The molecule has 0 bridgehead atoms. The van der Waals surface area contributed by atoms with Gasteiger partial charge in [-0.05, 0) is 35.6 Å². The molecule has 2 N–H and O–H groups in total. The van der Waals surface area contributed by atoms with Crippen LogP contribution in [0.2, 0.25) is 0 Å². The SMILES string of the molecule is CC(C)Cn1c(=O)[nH]c(=O)c2c(C(=O)Nc3cccc(CN4CCOCC4)c3)cc(C(C)C)nc21. The smallest absolute Gasteiger partial charge is 0.330 e. The number of benzene rings is 1. The van der Waals surface area contributed by atoms with Crippen molar-refractivity contribution in [1.82, 2.24) is 19.4 Å². The van der Waals surface area contributed by atoms with Gasteiger partial charge in [0.2, 0.25) is 0 Å². The van der Waals surface area contributed by atoms with Crippen LogP contribution in [-0.2, 0) is 17.8 Å². The Labute approximate surface area is 204 Å². The second-order valence-electron chi connectivity index (χ2n) is 9.75. The average molecular weight is 480 g/mol. The fraction of sp³-hybridized carbons (Fsp3) is 0.462. The first-order valence-corrected chi connectivity index (χ1v) is 12.1. The molecular formula is C26H33N5O4. The fourth-order valence-electron chi connectivity index (χ4n) is 4.27. The van der Waals surface area contributed by atoms with Crippen LogP contribution in [0.3, 0.4) is 0 Å². The van der Waals surface area contributed by atoms with Gasteiger partial charge in [-0.15, -0.1) is 0 Å². The Balaban J connectivity index is 1.72. The van der Waals surface area contributed by atoms with Gasteiger partial charge in [-0.1, -0.05) is 39.8 Å². The molecule has 1 saturated heterocycles. The van der Waals surface area contributed by atoms with Gasteiger partial charge in [-0.3, -0.25) is 24.0 Å². The van der Waals surface area contributed by atoms with E-state index in [1.165, 1.54) is 4.57 Å². The number of carbonyl (C=O) groups is 1. The van der Waals surface area contributed by atoms with Crippen molar-refractivity contribution < 1.29 is 9.53 Å². The number of hydrogen-bond acceptors (Lipinski definition) is 6. The maximum Gasteiger partial charge on any atom is 0.330 e. The molecule has 9 nitrogen and oxygen atoms in total. The number of amides is 1. The third-order valence-electron chi connectivity index (χ3n) is 6.05. The molecular weight excluding hydrogens is 446 g/mol. The highest BCUT2D eigenvalue weighted by molar-refractivity contribution is 6.11. The number of carbonyl (C=O) groups excluding carboxylic acids is 1. The number of anilines is 1. The summed E-state index contributed by atoms with van der Waals surface area (Å²) in [5, 5.41) is 3.07. The first-order valence-electron chi connectivity index (χ1n) is 12.1. The summed E-state index contributed by atoms with van der Waals surface area (Å²) in [7, 11) is 0. The van der Waals surface area contributed by atoms with Crippen molar-refractivity contribution in [2.24, 2.45) is 5.92 Å². The molecule has 9 heteroatoms. The summed E-state index contributed by atoms with van der Waals surface area (Å²) in [5.74, 6) is -0.259.